The van der Waals surface area contributed by atoms with Crippen LogP contribution in [-0.2, 0) is 6.42 Å². The van der Waals surface area contributed by atoms with Gasteiger partial charge in [-0.1, -0.05) is 23.7 Å². The molecule has 3 aromatic heterocycles. The third-order valence-corrected chi connectivity index (χ3v) is 3.76. The maximum Gasteiger partial charge on any atom is 0.182 e. The van der Waals surface area contributed by atoms with Gasteiger partial charge in [0.25, 0.3) is 0 Å². The van der Waals surface area contributed by atoms with E-state index < -0.39 is 0 Å². The minimum Gasteiger partial charge on any atom is -0.264 e. The lowest BCUT2D eigenvalue weighted by molar-refractivity contribution is 0.894. The number of halogens is 1. The number of benzene rings is 1. The van der Waals surface area contributed by atoms with E-state index >= 15 is 0 Å². The first-order valence-electron chi connectivity index (χ1n) is 7.15. The topological polar surface area (TPSA) is 56.0 Å². The molecule has 23 heavy (non-hydrogen) atoms. The highest BCUT2D eigenvalue weighted by Crippen LogP contribution is 2.20. The molecule has 0 amide bonds. The van der Waals surface area contributed by atoms with Gasteiger partial charge in [0.2, 0.25) is 0 Å². The Kier molecular flexibility index (Phi) is 3.48. The number of rotatable bonds is 3. The molecule has 0 N–H and O–H groups in total. The molecule has 112 valence electrons. The summed E-state index contributed by atoms with van der Waals surface area (Å²) in [6, 6.07) is 11.5. The molecule has 0 saturated carbocycles. The van der Waals surface area contributed by atoms with Gasteiger partial charge in [0.1, 0.15) is 5.69 Å². The van der Waals surface area contributed by atoms with E-state index in [0.717, 1.165) is 33.3 Å². The number of pyridine rings is 1. The molecule has 3 heterocycles. The van der Waals surface area contributed by atoms with Crippen molar-refractivity contribution in [3.63, 3.8) is 0 Å². The quantitative estimate of drug-likeness (QED) is 0.580. The van der Waals surface area contributed by atoms with Crippen molar-refractivity contribution in [3.8, 4) is 11.3 Å². The summed E-state index contributed by atoms with van der Waals surface area (Å²) >= 11 is 5.92. The van der Waals surface area contributed by atoms with E-state index in [1.165, 1.54) is 0 Å². The number of fused-ring (bicyclic) bond motifs is 1. The third kappa shape index (κ3) is 2.78. The molecule has 0 saturated heterocycles. The number of aromatic nitrogens is 5. The molecule has 0 aliphatic rings. The molecule has 4 rings (SSSR count). The highest BCUT2D eigenvalue weighted by atomic mass is 35.5. The predicted octanol–water partition coefficient (Wildman–Crippen LogP) is 3.43. The lowest BCUT2D eigenvalue weighted by atomic mass is 10.1. The van der Waals surface area contributed by atoms with Crippen LogP contribution in [0, 0.1) is 0 Å². The summed E-state index contributed by atoms with van der Waals surface area (Å²) in [5, 5.41) is 5.25. The van der Waals surface area contributed by atoms with E-state index in [4.69, 9.17) is 11.6 Å². The number of nitrogens with zero attached hydrogens (tertiary/aromatic N) is 5. The molecule has 0 bridgehead atoms. The Hall–Kier alpha value is -2.79. The van der Waals surface area contributed by atoms with Gasteiger partial charge < -0.3 is 0 Å². The van der Waals surface area contributed by atoms with Gasteiger partial charge in [0.15, 0.2) is 11.5 Å². The van der Waals surface area contributed by atoms with Gasteiger partial charge in [0, 0.05) is 41.8 Å². The highest BCUT2D eigenvalue weighted by Gasteiger charge is 2.11. The van der Waals surface area contributed by atoms with Gasteiger partial charge in [-0.15, -0.1) is 0 Å². The van der Waals surface area contributed by atoms with Crippen LogP contribution in [-0.4, -0.2) is 24.6 Å². The summed E-state index contributed by atoms with van der Waals surface area (Å²) in [7, 11) is 0. The van der Waals surface area contributed by atoms with Gasteiger partial charge in [-0.2, -0.15) is 5.10 Å². The maximum atomic E-state index is 5.92. The standard InChI is InChI=1S/C17H12ClN5/c18-14-5-3-12(4-6-14)10-15-21-17-16(13-2-1-7-19-11-13)20-8-9-23(17)22-15/h1-9,11H,10H2. The number of hydrogen-bond acceptors (Lipinski definition) is 4. The van der Waals surface area contributed by atoms with Gasteiger partial charge in [-0.05, 0) is 29.8 Å². The first-order valence-corrected chi connectivity index (χ1v) is 7.52. The van der Waals surface area contributed by atoms with E-state index in [1.54, 1.807) is 29.3 Å². The third-order valence-electron chi connectivity index (χ3n) is 3.51. The van der Waals surface area contributed by atoms with E-state index in [2.05, 4.69) is 20.1 Å². The fourth-order valence-corrected chi connectivity index (χ4v) is 2.55. The Labute approximate surface area is 137 Å². The van der Waals surface area contributed by atoms with Crippen LogP contribution in [0.25, 0.3) is 16.9 Å². The molecule has 0 fully saturated rings. The summed E-state index contributed by atoms with van der Waals surface area (Å²) in [6.45, 7) is 0. The average Bonchev–Trinajstić information content (AvgIpc) is 3.00. The zero-order chi connectivity index (χ0) is 15.6. The number of hydrogen-bond donors (Lipinski definition) is 0. The van der Waals surface area contributed by atoms with Crippen LogP contribution in [0.1, 0.15) is 11.4 Å². The molecule has 6 heteroatoms. The molecule has 0 spiro atoms. The average molecular weight is 322 g/mol. The summed E-state index contributed by atoms with van der Waals surface area (Å²) < 4.78 is 1.75. The fourth-order valence-electron chi connectivity index (χ4n) is 2.43. The summed E-state index contributed by atoms with van der Waals surface area (Å²) in [5.41, 5.74) is 3.53. The van der Waals surface area contributed by atoms with E-state index in [1.807, 2.05) is 36.4 Å². The molecule has 0 unspecified atom stereocenters. The van der Waals surface area contributed by atoms with E-state index in [-0.39, 0.29) is 0 Å². The van der Waals surface area contributed by atoms with Crippen LogP contribution >= 0.6 is 11.6 Å². The minimum atomic E-state index is 0.644. The molecule has 5 nitrogen and oxygen atoms in total. The van der Waals surface area contributed by atoms with Crippen LogP contribution in [0.5, 0.6) is 0 Å². The SMILES string of the molecule is Clc1ccc(Cc2nc3c(-c4cccnc4)nccn3n2)cc1. The van der Waals surface area contributed by atoms with Crippen molar-refractivity contribution in [2.45, 2.75) is 6.42 Å². The van der Waals surface area contributed by atoms with Crippen molar-refractivity contribution >= 4 is 17.2 Å². The molecular weight excluding hydrogens is 310 g/mol. The van der Waals surface area contributed by atoms with Gasteiger partial charge >= 0.3 is 0 Å². The maximum absolute atomic E-state index is 5.92. The van der Waals surface area contributed by atoms with Crippen LogP contribution in [0.2, 0.25) is 5.02 Å². The van der Waals surface area contributed by atoms with Gasteiger partial charge in [-0.3, -0.25) is 9.97 Å². The second-order valence-electron chi connectivity index (χ2n) is 5.12. The second-order valence-corrected chi connectivity index (χ2v) is 5.55. The predicted molar refractivity (Wildman–Crippen MR) is 88.3 cm³/mol. The van der Waals surface area contributed by atoms with Crippen LogP contribution < -0.4 is 0 Å². The largest absolute Gasteiger partial charge is 0.264 e. The summed E-state index contributed by atoms with van der Waals surface area (Å²) in [5.74, 6) is 0.741. The highest BCUT2D eigenvalue weighted by molar-refractivity contribution is 6.30. The zero-order valence-electron chi connectivity index (χ0n) is 12.1. The van der Waals surface area contributed by atoms with Crippen LogP contribution in [0.15, 0.2) is 61.2 Å². The van der Waals surface area contributed by atoms with Crippen molar-refractivity contribution in [3.05, 3.63) is 77.6 Å². The van der Waals surface area contributed by atoms with Crippen molar-refractivity contribution in [1.29, 1.82) is 0 Å². The Morgan fingerprint density at radius 3 is 2.70 bits per heavy atom. The second kappa shape index (κ2) is 5.78. The van der Waals surface area contributed by atoms with Crippen molar-refractivity contribution < 1.29 is 0 Å². The normalized spacial score (nSPS) is 11.0. The molecule has 0 aliphatic carbocycles. The molecule has 0 aliphatic heterocycles. The van der Waals surface area contributed by atoms with Gasteiger partial charge in [0.05, 0.1) is 0 Å². The molecule has 0 atom stereocenters. The monoisotopic (exact) mass is 321 g/mol. The fraction of sp³-hybridized carbons (Fsp3) is 0.0588. The van der Waals surface area contributed by atoms with E-state index in [0.29, 0.717) is 6.42 Å². The molecule has 0 radical (unpaired) electrons. The lowest BCUT2D eigenvalue weighted by Gasteiger charge is -2.00. The lowest BCUT2D eigenvalue weighted by Crippen LogP contribution is -1.93. The molecule has 1 aromatic carbocycles. The Bertz CT molecular complexity index is 948. The van der Waals surface area contributed by atoms with E-state index in [9.17, 15) is 0 Å². The first kappa shape index (κ1) is 13.8. The summed E-state index contributed by atoms with van der Waals surface area (Å²) in [4.78, 5) is 13.2. The molecule has 4 aromatic rings. The Balaban J connectivity index is 1.75. The zero-order valence-corrected chi connectivity index (χ0v) is 12.9. The van der Waals surface area contributed by atoms with Crippen molar-refractivity contribution in [1.82, 2.24) is 24.6 Å². The van der Waals surface area contributed by atoms with Gasteiger partial charge in [-0.25, -0.2) is 9.50 Å². The van der Waals surface area contributed by atoms with Crippen molar-refractivity contribution in [2.24, 2.45) is 0 Å². The van der Waals surface area contributed by atoms with Crippen LogP contribution in [0.3, 0.4) is 0 Å². The molecular formula is C17H12ClN5. The Morgan fingerprint density at radius 2 is 1.91 bits per heavy atom. The minimum absolute atomic E-state index is 0.644. The Morgan fingerprint density at radius 1 is 1.04 bits per heavy atom. The first-order chi connectivity index (χ1) is 11.3. The van der Waals surface area contributed by atoms with Crippen molar-refractivity contribution in [2.75, 3.05) is 0 Å². The summed E-state index contributed by atoms with van der Waals surface area (Å²) in [6.07, 6.45) is 7.67. The van der Waals surface area contributed by atoms with Crippen LogP contribution in [0.4, 0.5) is 0 Å². The smallest absolute Gasteiger partial charge is 0.182 e.